The Hall–Kier alpha value is -1.51. The molecule has 4 fully saturated rings. The van der Waals surface area contributed by atoms with E-state index in [2.05, 4.69) is 24.4 Å². The van der Waals surface area contributed by atoms with Gasteiger partial charge in [0.2, 0.25) is 5.91 Å². The van der Waals surface area contributed by atoms with Crippen molar-refractivity contribution in [2.24, 2.45) is 23.2 Å². The predicted octanol–water partition coefficient (Wildman–Crippen LogP) is 3.53. The highest BCUT2D eigenvalue weighted by atomic mass is 16.2. The molecule has 23 heavy (non-hydrogen) atoms. The highest BCUT2D eigenvalue weighted by Gasteiger charge is 2.54. The summed E-state index contributed by atoms with van der Waals surface area (Å²) in [6.07, 6.45) is 8.44. The quantitative estimate of drug-likeness (QED) is 0.836. The maximum atomic E-state index is 13.0. The molecule has 124 valence electrons. The number of amides is 1. The van der Waals surface area contributed by atoms with Crippen molar-refractivity contribution in [2.75, 3.05) is 5.73 Å². The number of benzene rings is 1. The smallest absolute Gasteiger partial charge is 0.226 e. The van der Waals surface area contributed by atoms with Gasteiger partial charge in [-0.2, -0.15) is 0 Å². The van der Waals surface area contributed by atoms with Gasteiger partial charge in [0, 0.05) is 17.1 Å². The average Bonchev–Trinajstić information content (AvgIpc) is 2.48. The van der Waals surface area contributed by atoms with Gasteiger partial charge in [-0.25, -0.2) is 0 Å². The standard InChI is InChI=1S/C20H28N2O/c1-13(6-14-2-4-18(21)5-3-14)22-19(23)20-10-15-7-16(11-20)9-17(8-15)12-20/h2-5,13,15-17H,6-12,21H2,1H3,(H,22,23)/t13-,15?,16?,17?,20?/m1/s1. The van der Waals surface area contributed by atoms with Gasteiger partial charge >= 0.3 is 0 Å². The molecule has 4 bridgehead atoms. The van der Waals surface area contributed by atoms with E-state index in [1.54, 1.807) is 0 Å². The molecule has 0 radical (unpaired) electrons. The lowest BCUT2D eigenvalue weighted by molar-refractivity contribution is -0.146. The lowest BCUT2D eigenvalue weighted by Crippen LogP contribution is -2.55. The minimum absolute atomic E-state index is 0.0376. The summed E-state index contributed by atoms with van der Waals surface area (Å²) >= 11 is 0. The topological polar surface area (TPSA) is 55.1 Å². The molecule has 3 heteroatoms. The minimum Gasteiger partial charge on any atom is -0.399 e. The van der Waals surface area contributed by atoms with Crippen molar-refractivity contribution in [3.05, 3.63) is 29.8 Å². The van der Waals surface area contributed by atoms with Gasteiger partial charge in [-0.1, -0.05) is 12.1 Å². The van der Waals surface area contributed by atoms with E-state index in [1.807, 2.05) is 12.1 Å². The first kappa shape index (κ1) is 15.0. The van der Waals surface area contributed by atoms with Crippen LogP contribution in [0.15, 0.2) is 24.3 Å². The van der Waals surface area contributed by atoms with Gasteiger partial charge in [-0.05, 0) is 87.3 Å². The van der Waals surface area contributed by atoms with E-state index >= 15 is 0 Å². The van der Waals surface area contributed by atoms with E-state index in [-0.39, 0.29) is 11.5 Å². The van der Waals surface area contributed by atoms with Crippen LogP contribution in [0.25, 0.3) is 0 Å². The predicted molar refractivity (Wildman–Crippen MR) is 92.8 cm³/mol. The van der Waals surface area contributed by atoms with Crippen LogP contribution >= 0.6 is 0 Å². The van der Waals surface area contributed by atoms with Gasteiger partial charge in [0.05, 0.1) is 0 Å². The first-order chi connectivity index (χ1) is 11.0. The highest BCUT2D eigenvalue weighted by molar-refractivity contribution is 5.83. The van der Waals surface area contributed by atoms with Crippen molar-refractivity contribution < 1.29 is 4.79 Å². The van der Waals surface area contributed by atoms with Crippen LogP contribution in [0.1, 0.15) is 51.0 Å². The maximum absolute atomic E-state index is 13.0. The number of carbonyl (C=O) groups excluding carboxylic acids is 1. The molecule has 0 saturated heterocycles. The van der Waals surface area contributed by atoms with Crippen LogP contribution < -0.4 is 11.1 Å². The van der Waals surface area contributed by atoms with Crippen LogP contribution in [0.4, 0.5) is 5.69 Å². The van der Waals surface area contributed by atoms with Gasteiger partial charge < -0.3 is 11.1 Å². The number of rotatable bonds is 4. The summed E-state index contributed by atoms with van der Waals surface area (Å²) in [6, 6.07) is 8.16. The molecule has 0 spiro atoms. The zero-order valence-electron chi connectivity index (χ0n) is 14.1. The molecule has 0 aliphatic heterocycles. The molecule has 3 N–H and O–H groups in total. The van der Waals surface area contributed by atoms with Crippen LogP contribution in [0.5, 0.6) is 0 Å². The van der Waals surface area contributed by atoms with Gasteiger partial charge in [0.1, 0.15) is 0 Å². The van der Waals surface area contributed by atoms with E-state index in [9.17, 15) is 4.79 Å². The normalized spacial score (nSPS) is 36.0. The number of anilines is 1. The zero-order valence-corrected chi connectivity index (χ0v) is 14.1. The molecule has 3 nitrogen and oxygen atoms in total. The summed E-state index contributed by atoms with van der Waals surface area (Å²) in [6.45, 7) is 2.12. The van der Waals surface area contributed by atoms with Crippen LogP contribution in [-0.4, -0.2) is 11.9 Å². The van der Waals surface area contributed by atoms with E-state index < -0.39 is 0 Å². The van der Waals surface area contributed by atoms with Crippen molar-refractivity contribution in [3.8, 4) is 0 Å². The number of nitrogens with one attached hydrogen (secondary N) is 1. The second-order valence-corrected chi connectivity index (χ2v) is 8.52. The Balaban J connectivity index is 1.40. The molecule has 1 aromatic rings. The van der Waals surface area contributed by atoms with Crippen molar-refractivity contribution in [3.63, 3.8) is 0 Å². The van der Waals surface area contributed by atoms with Crippen LogP contribution in [0.2, 0.25) is 0 Å². The molecule has 1 amide bonds. The Morgan fingerprint density at radius 3 is 2.17 bits per heavy atom. The molecule has 4 saturated carbocycles. The molecular formula is C20H28N2O. The molecule has 5 rings (SSSR count). The van der Waals surface area contributed by atoms with Crippen molar-refractivity contribution >= 4 is 11.6 Å². The van der Waals surface area contributed by atoms with Crippen molar-refractivity contribution in [1.82, 2.24) is 5.32 Å². The molecule has 0 aromatic heterocycles. The van der Waals surface area contributed by atoms with E-state index in [1.165, 1.54) is 24.8 Å². The Kier molecular flexibility index (Phi) is 3.62. The van der Waals surface area contributed by atoms with Gasteiger partial charge in [0.25, 0.3) is 0 Å². The summed E-state index contributed by atoms with van der Waals surface area (Å²) in [4.78, 5) is 13.0. The molecule has 0 unspecified atom stereocenters. The van der Waals surface area contributed by atoms with Crippen molar-refractivity contribution in [2.45, 2.75) is 57.9 Å². The molecular weight excluding hydrogens is 284 g/mol. The Bertz CT molecular complexity index is 557. The minimum atomic E-state index is -0.0376. The summed E-state index contributed by atoms with van der Waals surface area (Å²) in [7, 11) is 0. The van der Waals surface area contributed by atoms with Gasteiger partial charge in [-0.15, -0.1) is 0 Å². The van der Waals surface area contributed by atoms with Crippen LogP contribution in [0, 0.1) is 23.2 Å². The number of nitrogen functional groups attached to an aromatic ring is 1. The SMILES string of the molecule is C[C@H](Cc1ccc(N)cc1)NC(=O)C12CC3CC(CC(C3)C1)C2. The van der Waals surface area contributed by atoms with E-state index in [0.717, 1.165) is 49.1 Å². The molecule has 0 heterocycles. The molecule has 4 aliphatic rings. The fraction of sp³-hybridized carbons (Fsp3) is 0.650. The fourth-order valence-electron chi connectivity index (χ4n) is 5.82. The number of carbonyl (C=O) groups is 1. The maximum Gasteiger partial charge on any atom is 0.226 e. The van der Waals surface area contributed by atoms with E-state index in [0.29, 0.717) is 5.91 Å². The summed E-state index contributed by atoms with van der Waals surface area (Å²) < 4.78 is 0. The van der Waals surface area contributed by atoms with Gasteiger partial charge in [0.15, 0.2) is 0 Å². The summed E-state index contributed by atoms with van der Waals surface area (Å²) in [5, 5.41) is 3.33. The molecule has 4 aliphatic carbocycles. The van der Waals surface area contributed by atoms with Gasteiger partial charge in [-0.3, -0.25) is 4.79 Å². The average molecular weight is 312 g/mol. The second-order valence-electron chi connectivity index (χ2n) is 8.52. The lowest BCUT2D eigenvalue weighted by atomic mass is 9.49. The monoisotopic (exact) mass is 312 g/mol. The van der Waals surface area contributed by atoms with Crippen LogP contribution in [0.3, 0.4) is 0 Å². The zero-order chi connectivity index (χ0) is 16.0. The molecule has 1 aromatic carbocycles. The Morgan fingerprint density at radius 1 is 1.13 bits per heavy atom. The number of nitrogens with two attached hydrogens (primary N) is 1. The fourth-order valence-corrected chi connectivity index (χ4v) is 5.82. The summed E-state index contributed by atoms with van der Waals surface area (Å²) in [5.41, 5.74) is 7.72. The van der Waals surface area contributed by atoms with Crippen LogP contribution in [-0.2, 0) is 11.2 Å². The first-order valence-electron chi connectivity index (χ1n) is 9.18. The third-order valence-corrected chi connectivity index (χ3v) is 6.42. The third-order valence-electron chi connectivity index (χ3n) is 6.42. The van der Waals surface area contributed by atoms with E-state index in [4.69, 9.17) is 5.73 Å². The Labute approximate surface area is 139 Å². The largest absolute Gasteiger partial charge is 0.399 e. The molecule has 1 atom stereocenters. The number of hydrogen-bond acceptors (Lipinski definition) is 2. The third kappa shape index (κ3) is 2.86. The van der Waals surface area contributed by atoms with Crippen molar-refractivity contribution in [1.29, 1.82) is 0 Å². The number of hydrogen-bond donors (Lipinski definition) is 2. The summed E-state index contributed by atoms with van der Waals surface area (Å²) in [5.74, 6) is 2.79. The highest BCUT2D eigenvalue weighted by Crippen LogP contribution is 2.60. The Morgan fingerprint density at radius 2 is 1.65 bits per heavy atom. The first-order valence-corrected chi connectivity index (χ1v) is 9.18. The second kappa shape index (κ2) is 5.54. The lowest BCUT2D eigenvalue weighted by Gasteiger charge is -2.55.